The number of methoxy groups -OCH3 is 1. The van der Waals surface area contributed by atoms with Gasteiger partial charge < -0.3 is 19.7 Å². The topological polar surface area (TPSA) is 104 Å². The molecule has 1 fully saturated rings. The minimum atomic E-state index is -0.862. The average molecular weight is 635 g/mol. The molecule has 0 saturated carbocycles. The summed E-state index contributed by atoms with van der Waals surface area (Å²) >= 11 is 11.9. The Morgan fingerprint density at radius 3 is 2.43 bits per heavy atom. The maximum absolute atomic E-state index is 12.5. The van der Waals surface area contributed by atoms with E-state index in [0.29, 0.717) is 48.1 Å². The highest BCUT2D eigenvalue weighted by Crippen LogP contribution is 2.39. The Bertz CT molecular complexity index is 1620. The largest absolute Gasteiger partial charge is 0.506 e. The zero-order valence-corrected chi connectivity index (χ0v) is 25.7. The summed E-state index contributed by atoms with van der Waals surface area (Å²) in [5.74, 6) is 0.558. The van der Waals surface area contributed by atoms with Crippen molar-refractivity contribution in [3.05, 3.63) is 112 Å². The third-order valence-electron chi connectivity index (χ3n) is 7.69. The van der Waals surface area contributed by atoms with Gasteiger partial charge in [-0.15, -0.1) is 0 Å². The molecule has 228 valence electrons. The van der Waals surface area contributed by atoms with Gasteiger partial charge in [-0.3, -0.25) is 9.69 Å². The lowest BCUT2D eigenvalue weighted by Gasteiger charge is -2.38. The summed E-state index contributed by atoms with van der Waals surface area (Å²) in [6, 6.07) is 25.1. The van der Waals surface area contributed by atoms with Crippen LogP contribution in [0.5, 0.6) is 17.2 Å². The van der Waals surface area contributed by atoms with Crippen molar-refractivity contribution in [2.45, 2.75) is 18.4 Å². The van der Waals surface area contributed by atoms with E-state index in [9.17, 15) is 15.0 Å². The van der Waals surface area contributed by atoms with Crippen LogP contribution < -0.4 is 14.9 Å². The molecule has 0 unspecified atom stereocenters. The number of piperidine rings is 1. The Kier molecular flexibility index (Phi) is 10.1. The van der Waals surface area contributed by atoms with Gasteiger partial charge in [0.1, 0.15) is 12.4 Å². The molecule has 4 aromatic carbocycles. The first-order valence-corrected chi connectivity index (χ1v) is 14.9. The Labute approximate surface area is 266 Å². The van der Waals surface area contributed by atoms with Gasteiger partial charge in [-0.25, -0.2) is 5.43 Å². The number of aliphatic hydroxyl groups is 1. The lowest BCUT2D eigenvalue weighted by Crippen LogP contribution is -2.43. The highest BCUT2D eigenvalue weighted by molar-refractivity contribution is 6.32. The summed E-state index contributed by atoms with van der Waals surface area (Å²) in [4.78, 5) is 14.8. The number of benzene rings is 4. The van der Waals surface area contributed by atoms with Crippen molar-refractivity contribution in [2.24, 2.45) is 5.10 Å². The molecule has 1 saturated heterocycles. The van der Waals surface area contributed by atoms with E-state index in [1.807, 2.05) is 60.7 Å². The average Bonchev–Trinajstić information content (AvgIpc) is 3.04. The van der Waals surface area contributed by atoms with E-state index in [2.05, 4.69) is 15.4 Å². The summed E-state index contributed by atoms with van der Waals surface area (Å²) in [5, 5.41) is 25.7. The van der Waals surface area contributed by atoms with Gasteiger partial charge in [-0.05, 0) is 72.0 Å². The summed E-state index contributed by atoms with van der Waals surface area (Å²) < 4.78 is 12.1. The smallest absolute Gasteiger partial charge is 0.271 e. The van der Waals surface area contributed by atoms with E-state index < -0.39 is 11.5 Å². The lowest BCUT2D eigenvalue weighted by molar-refractivity contribution is -0.0278. The van der Waals surface area contributed by atoms with E-state index >= 15 is 0 Å². The standard InChI is InChI=1S/C34H33Cl2N3O5/c1-43-31-20-23(22-37-38-33(41)25-7-12-30(40)29(36)21-25)19-28(24-5-3-2-4-6-24)32(31)44-18-17-39-15-13-34(42,14-16-39)26-8-10-27(35)11-9-26/h2-12,19-22,40,42H,13-18H2,1H3,(H,38,41)/b37-22+. The monoisotopic (exact) mass is 633 g/mol. The van der Waals surface area contributed by atoms with Crippen LogP contribution in [-0.4, -0.2) is 60.6 Å². The van der Waals surface area contributed by atoms with Gasteiger partial charge in [0.15, 0.2) is 11.5 Å². The van der Waals surface area contributed by atoms with Crippen LogP contribution in [0, 0.1) is 0 Å². The molecule has 1 amide bonds. The molecule has 1 heterocycles. The maximum atomic E-state index is 12.5. The number of phenolic OH excluding ortho intramolecular Hbond substituents is 1. The number of ether oxygens (including phenoxy) is 2. The molecule has 0 aromatic heterocycles. The fraction of sp³-hybridized carbons (Fsp3) is 0.235. The summed E-state index contributed by atoms with van der Waals surface area (Å²) in [6.45, 7) is 2.59. The number of likely N-dealkylation sites (tertiary alicyclic amines) is 1. The summed E-state index contributed by atoms with van der Waals surface area (Å²) in [5.41, 5.74) is 5.22. The first-order chi connectivity index (χ1) is 21.3. The summed E-state index contributed by atoms with van der Waals surface area (Å²) in [6.07, 6.45) is 2.77. The van der Waals surface area contributed by atoms with Crippen LogP contribution in [-0.2, 0) is 5.60 Å². The molecular weight excluding hydrogens is 601 g/mol. The van der Waals surface area contributed by atoms with Gasteiger partial charge >= 0.3 is 0 Å². The number of carbonyl (C=O) groups is 1. The number of carbonyl (C=O) groups excluding carboxylic acids is 1. The van der Waals surface area contributed by atoms with E-state index in [1.54, 1.807) is 13.2 Å². The zero-order valence-electron chi connectivity index (χ0n) is 24.2. The number of hydrogen-bond donors (Lipinski definition) is 3. The van der Waals surface area contributed by atoms with E-state index in [4.69, 9.17) is 32.7 Å². The van der Waals surface area contributed by atoms with Crippen LogP contribution in [0.3, 0.4) is 0 Å². The summed E-state index contributed by atoms with van der Waals surface area (Å²) in [7, 11) is 1.58. The Balaban J connectivity index is 1.27. The van der Waals surface area contributed by atoms with Gasteiger partial charge in [0, 0.05) is 35.8 Å². The van der Waals surface area contributed by atoms with Crippen LogP contribution in [0.4, 0.5) is 0 Å². The van der Waals surface area contributed by atoms with Crippen LogP contribution in [0.25, 0.3) is 11.1 Å². The van der Waals surface area contributed by atoms with E-state index in [-0.39, 0.29) is 16.3 Å². The minimum Gasteiger partial charge on any atom is -0.506 e. The molecule has 0 bridgehead atoms. The number of aromatic hydroxyl groups is 1. The fourth-order valence-electron chi connectivity index (χ4n) is 5.18. The molecule has 1 aliphatic heterocycles. The predicted octanol–water partition coefficient (Wildman–Crippen LogP) is 6.50. The van der Waals surface area contributed by atoms with Crippen molar-refractivity contribution in [1.29, 1.82) is 0 Å². The zero-order chi connectivity index (χ0) is 31.1. The van der Waals surface area contributed by atoms with E-state index in [0.717, 1.165) is 29.8 Å². The van der Waals surface area contributed by atoms with Gasteiger partial charge in [0.2, 0.25) is 0 Å². The number of hydrogen-bond acceptors (Lipinski definition) is 7. The second-order valence-corrected chi connectivity index (χ2v) is 11.4. The molecule has 5 rings (SSSR count). The normalized spacial score (nSPS) is 14.8. The van der Waals surface area contributed by atoms with Crippen molar-refractivity contribution in [2.75, 3.05) is 33.4 Å². The van der Waals surface area contributed by atoms with Crippen LogP contribution in [0.2, 0.25) is 10.0 Å². The molecule has 0 atom stereocenters. The third-order valence-corrected chi connectivity index (χ3v) is 8.24. The highest BCUT2D eigenvalue weighted by Gasteiger charge is 2.33. The third kappa shape index (κ3) is 7.52. The van der Waals surface area contributed by atoms with Gasteiger partial charge in [-0.1, -0.05) is 65.7 Å². The van der Waals surface area contributed by atoms with Crippen molar-refractivity contribution in [1.82, 2.24) is 10.3 Å². The fourth-order valence-corrected chi connectivity index (χ4v) is 5.49. The molecule has 4 aromatic rings. The molecule has 0 radical (unpaired) electrons. The van der Waals surface area contributed by atoms with Crippen molar-refractivity contribution in [3.8, 4) is 28.4 Å². The first-order valence-electron chi connectivity index (χ1n) is 14.2. The van der Waals surface area contributed by atoms with Crippen LogP contribution in [0.15, 0.2) is 90.0 Å². The van der Waals surface area contributed by atoms with Crippen molar-refractivity contribution < 1.29 is 24.5 Å². The van der Waals surface area contributed by atoms with Crippen molar-refractivity contribution >= 4 is 35.3 Å². The molecule has 10 heteroatoms. The second-order valence-electron chi connectivity index (χ2n) is 10.6. The van der Waals surface area contributed by atoms with Gasteiger partial charge in [-0.2, -0.15) is 5.10 Å². The number of nitrogens with one attached hydrogen (secondary N) is 1. The maximum Gasteiger partial charge on any atom is 0.271 e. The minimum absolute atomic E-state index is 0.0780. The van der Waals surface area contributed by atoms with Crippen LogP contribution in [0.1, 0.15) is 34.3 Å². The number of nitrogens with zero attached hydrogens (tertiary/aromatic N) is 2. The molecule has 0 spiro atoms. The molecule has 44 heavy (non-hydrogen) atoms. The molecule has 0 aliphatic carbocycles. The van der Waals surface area contributed by atoms with E-state index in [1.165, 1.54) is 24.4 Å². The van der Waals surface area contributed by atoms with Gasteiger partial charge in [0.25, 0.3) is 5.91 Å². The molecule has 8 nitrogen and oxygen atoms in total. The number of rotatable bonds is 10. The Hall–Kier alpha value is -4.08. The number of phenols is 1. The predicted molar refractivity (Wildman–Crippen MR) is 173 cm³/mol. The Morgan fingerprint density at radius 1 is 1.02 bits per heavy atom. The highest BCUT2D eigenvalue weighted by atomic mass is 35.5. The number of hydrazone groups is 1. The SMILES string of the molecule is COc1cc(/C=N/NC(=O)c2ccc(O)c(Cl)c2)cc(-c2ccccc2)c1OCCN1CCC(O)(c2ccc(Cl)cc2)CC1. The van der Waals surface area contributed by atoms with Crippen LogP contribution >= 0.6 is 23.2 Å². The quantitative estimate of drug-likeness (QED) is 0.136. The number of amides is 1. The second kappa shape index (κ2) is 14.1. The molecule has 1 aliphatic rings. The molecule has 3 N–H and O–H groups in total. The lowest BCUT2D eigenvalue weighted by atomic mass is 9.84. The Morgan fingerprint density at radius 2 is 1.75 bits per heavy atom. The first kappa shape index (κ1) is 31.3. The van der Waals surface area contributed by atoms with Crippen molar-refractivity contribution in [3.63, 3.8) is 0 Å². The van der Waals surface area contributed by atoms with Gasteiger partial charge in [0.05, 0.1) is 23.9 Å². The molecular formula is C34H33Cl2N3O5. The number of halogens is 2.